The number of H-pyrrole nitrogens is 1. The van der Waals surface area contributed by atoms with E-state index in [1.165, 1.54) is 5.56 Å². The molecule has 0 aliphatic rings. The lowest BCUT2D eigenvalue weighted by atomic mass is 10.0. The van der Waals surface area contributed by atoms with Crippen LogP contribution in [-0.2, 0) is 16.4 Å². The van der Waals surface area contributed by atoms with Crippen LogP contribution < -0.4 is 4.72 Å². The van der Waals surface area contributed by atoms with E-state index < -0.39 is 10.0 Å². The lowest BCUT2D eigenvalue weighted by molar-refractivity contribution is 0.600. The summed E-state index contributed by atoms with van der Waals surface area (Å²) >= 11 is 0. The highest BCUT2D eigenvalue weighted by Crippen LogP contribution is 2.21. The topological polar surface area (TPSA) is 74.8 Å². The van der Waals surface area contributed by atoms with Gasteiger partial charge < -0.3 is 0 Å². The summed E-state index contributed by atoms with van der Waals surface area (Å²) in [4.78, 5) is 0.216. The summed E-state index contributed by atoms with van der Waals surface area (Å²) in [7, 11) is -3.61. The Hall–Kier alpha value is -1.82. The first-order valence-corrected chi connectivity index (χ1v) is 8.41. The van der Waals surface area contributed by atoms with Gasteiger partial charge in [0.05, 0.1) is 11.4 Å². The zero-order chi connectivity index (χ0) is 15.6. The second-order valence-corrected chi connectivity index (χ2v) is 7.28. The van der Waals surface area contributed by atoms with Crippen molar-refractivity contribution in [3.63, 3.8) is 0 Å². The first-order valence-electron chi connectivity index (χ1n) is 6.93. The van der Waals surface area contributed by atoms with Crippen molar-refractivity contribution < 1.29 is 8.42 Å². The summed E-state index contributed by atoms with van der Waals surface area (Å²) in [5.74, 6) is 0.573. The summed E-state index contributed by atoms with van der Waals surface area (Å²) < 4.78 is 27.4. The molecule has 0 spiro atoms. The van der Waals surface area contributed by atoms with E-state index in [1.807, 2.05) is 12.1 Å². The van der Waals surface area contributed by atoms with Gasteiger partial charge in [0, 0.05) is 5.69 Å². The van der Waals surface area contributed by atoms with Crippen molar-refractivity contribution in [1.82, 2.24) is 10.2 Å². The number of benzene rings is 1. The Morgan fingerprint density at radius 2 is 1.81 bits per heavy atom. The molecule has 114 valence electrons. The zero-order valence-corrected chi connectivity index (χ0v) is 13.6. The summed E-state index contributed by atoms with van der Waals surface area (Å²) in [5, 5.41) is 6.62. The Kier molecular flexibility index (Phi) is 4.37. The van der Waals surface area contributed by atoms with Crippen molar-refractivity contribution in [3.8, 4) is 0 Å². The van der Waals surface area contributed by atoms with E-state index in [4.69, 9.17) is 0 Å². The van der Waals surface area contributed by atoms with Crippen LogP contribution in [0.2, 0.25) is 0 Å². The molecule has 0 unspecified atom stereocenters. The molecule has 0 amide bonds. The van der Waals surface area contributed by atoms with Gasteiger partial charge >= 0.3 is 0 Å². The molecule has 1 aromatic carbocycles. The lowest BCUT2D eigenvalue weighted by Crippen LogP contribution is -2.14. The fourth-order valence-corrected chi connectivity index (χ4v) is 3.75. The smallest absolute Gasteiger partial charge is 0.265 e. The minimum absolute atomic E-state index is 0.216. The van der Waals surface area contributed by atoms with E-state index in [-0.39, 0.29) is 4.90 Å². The highest BCUT2D eigenvalue weighted by Gasteiger charge is 2.22. The number of anilines is 1. The van der Waals surface area contributed by atoms with Gasteiger partial charge in [0.15, 0.2) is 0 Å². The average molecular weight is 307 g/mol. The zero-order valence-electron chi connectivity index (χ0n) is 12.8. The number of nitrogens with one attached hydrogen (secondary N) is 2. The molecule has 1 heterocycles. The Bertz CT molecular complexity index is 696. The van der Waals surface area contributed by atoms with Gasteiger partial charge in [-0.3, -0.25) is 9.82 Å². The molecule has 0 atom stereocenters. The lowest BCUT2D eigenvalue weighted by Gasteiger charge is -2.10. The maximum absolute atomic E-state index is 12.4. The predicted octanol–water partition coefficient (Wildman–Crippen LogP) is 3.03. The highest BCUT2D eigenvalue weighted by molar-refractivity contribution is 7.92. The molecule has 6 heteroatoms. The molecule has 2 rings (SSSR count). The van der Waals surface area contributed by atoms with Crippen LogP contribution in [0.5, 0.6) is 0 Å². The Morgan fingerprint density at radius 3 is 2.29 bits per heavy atom. The molecule has 0 saturated carbocycles. The maximum atomic E-state index is 12.4. The maximum Gasteiger partial charge on any atom is 0.265 e. The Morgan fingerprint density at radius 1 is 1.19 bits per heavy atom. The van der Waals surface area contributed by atoms with Gasteiger partial charge in [-0.15, -0.1) is 0 Å². The third kappa shape index (κ3) is 3.64. The molecule has 5 nitrogen and oxygen atoms in total. The fourth-order valence-electron chi connectivity index (χ4n) is 2.32. The Balaban J connectivity index is 2.21. The molecule has 21 heavy (non-hydrogen) atoms. The van der Waals surface area contributed by atoms with Crippen molar-refractivity contribution in [2.24, 2.45) is 5.92 Å². The van der Waals surface area contributed by atoms with Crippen LogP contribution in [0.4, 0.5) is 5.69 Å². The van der Waals surface area contributed by atoms with Crippen LogP contribution in [0.25, 0.3) is 0 Å². The molecule has 0 saturated heterocycles. The molecule has 1 aromatic heterocycles. The minimum atomic E-state index is -3.61. The largest absolute Gasteiger partial charge is 0.281 e. The van der Waals surface area contributed by atoms with E-state index in [9.17, 15) is 8.42 Å². The summed E-state index contributed by atoms with van der Waals surface area (Å²) in [6.45, 7) is 7.67. The van der Waals surface area contributed by atoms with Gasteiger partial charge in [-0.1, -0.05) is 26.0 Å². The summed E-state index contributed by atoms with van der Waals surface area (Å²) in [5.41, 5.74) is 2.76. The third-order valence-corrected chi connectivity index (χ3v) is 4.82. The van der Waals surface area contributed by atoms with Crippen molar-refractivity contribution in [1.29, 1.82) is 0 Å². The van der Waals surface area contributed by atoms with Gasteiger partial charge in [-0.2, -0.15) is 5.10 Å². The van der Waals surface area contributed by atoms with Crippen molar-refractivity contribution in [2.45, 2.75) is 39.0 Å². The van der Waals surface area contributed by atoms with Gasteiger partial charge in [0.2, 0.25) is 0 Å². The van der Waals surface area contributed by atoms with Crippen LogP contribution in [0.15, 0.2) is 29.2 Å². The monoisotopic (exact) mass is 307 g/mol. The van der Waals surface area contributed by atoms with E-state index in [0.29, 0.717) is 23.0 Å². The SMILES string of the molecule is Cc1n[nH]c(C)c1S(=O)(=O)Nc1ccc(CC(C)C)cc1. The number of aryl methyl sites for hydroxylation is 2. The number of aromatic amines is 1. The number of rotatable bonds is 5. The van der Waals surface area contributed by atoms with Gasteiger partial charge in [-0.25, -0.2) is 8.42 Å². The second-order valence-electron chi connectivity index (χ2n) is 5.66. The molecular formula is C15H21N3O2S. The first kappa shape index (κ1) is 15.6. The van der Waals surface area contributed by atoms with E-state index >= 15 is 0 Å². The van der Waals surface area contributed by atoms with Gasteiger partial charge in [-0.05, 0) is 43.9 Å². The third-order valence-electron chi connectivity index (χ3n) is 3.18. The summed E-state index contributed by atoms with van der Waals surface area (Å²) in [6.07, 6.45) is 0.979. The number of nitrogens with zero attached hydrogens (tertiary/aromatic N) is 1. The molecule has 0 radical (unpaired) electrons. The number of aromatic nitrogens is 2. The van der Waals surface area contributed by atoms with Crippen molar-refractivity contribution in [2.75, 3.05) is 4.72 Å². The van der Waals surface area contributed by atoms with E-state index in [1.54, 1.807) is 26.0 Å². The normalized spacial score (nSPS) is 11.9. The summed E-state index contributed by atoms with van der Waals surface area (Å²) in [6, 6.07) is 7.49. The van der Waals surface area contributed by atoms with Crippen LogP contribution in [0.3, 0.4) is 0 Å². The Labute approximate surface area is 125 Å². The van der Waals surface area contributed by atoms with Crippen LogP contribution in [0, 0.1) is 19.8 Å². The molecule has 0 fully saturated rings. The molecule has 2 N–H and O–H groups in total. The predicted molar refractivity (Wildman–Crippen MR) is 83.9 cm³/mol. The van der Waals surface area contributed by atoms with Crippen molar-refractivity contribution in [3.05, 3.63) is 41.2 Å². The minimum Gasteiger partial charge on any atom is -0.281 e. The number of sulfonamides is 1. The van der Waals surface area contributed by atoms with Gasteiger partial charge in [0.25, 0.3) is 10.0 Å². The van der Waals surface area contributed by atoms with Crippen LogP contribution in [0.1, 0.15) is 30.8 Å². The molecule has 0 bridgehead atoms. The van der Waals surface area contributed by atoms with E-state index in [0.717, 1.165) is 6.42 Å². The second kappa shape index (κ2) is 5.89. The molecule has 2 aromatic rings. The van der Waals surface area contributed by atoms with Crippen LogP contribution >= 0.6 is 0 Å². The fraction of sp³-hybridized carbons (Fsp3) is 0.400. The quantitative estimate of drug-likeness (QED) is 0.891. The average Bonchev–Trinajstić information content (AvgIpc) is 2.71. The number of hydrogen-bond donors (Lipinski definition) is 2. The van der Waals surface area contributed by atoms with Crippen LogP contribution in [-0.4, -0.2) is 18.6 Å². The standard InChI is InChI=1S/C15H21N3O2S/c1-10(2)9-13-5-7-14(8-6-13)18-21(19,20)15-11(3)16-17-12(15)4/h5-8,10,18H,9H2,1-4H3,(H,16,17). The molecule has 0 aliphatic carbocycles. The highest BCUT2D eigenvalue weighted by atomic mass is 32.2. The first-order chi connectivity index (χ1) is 9.79. The molecule has 0 aliphatic heterocycles. The van der Waals surface area contributed by atoms with Crippen molar-refractivity contribution >= 4 is 15.7 Å². The molecular weight excluding hydrogens is 286 g/mol. The number of hydrogen-bond acceptors (Lipinski definition) is 3. The van der Waals surface area contributed by atoms with Gasteiger partial charge in [0.1, 0.15) is 4.90 Å². The van der Waals surface area contributed by atoms with E-state index in [2.05, 4.69) is 28.8 Å².